The minimum absolute atomic E-state index is 0.0284. The summed E-state index contributed by atoms with van der Waals surface area (Å²) >= 11 is 0. The van der Waals surface area contributed by atoms with Crippen LogP contribution in [0.25, 0.3) is 0 Å². The van der Waals surface area contributed by atoms with Gasteiger partial charge >= 0.3 is 0 Å². The fraction of sp³-hybridized carbons (Fsp3) is 0.318. The van der Waals surface area contributed by atoms with E-state index in [1.165, 1.54) is 4.90 Å². The van der Waals surface area contributed by atoms with Crippen LogP contribution in [0.15, 0.2) is 48.5 Å². The first-order chi connectivity index (χ1) is 13.7. The monoisotopic (exact) mass is 396 g/mol. The van der Waals surface area contributed by atoms with Gasteiger partial charge in [-0.2, -0.15) is 0 Å². The van der Waals surface area contributed by atoms with Gasteiger partial charge in [-0.15, -0.1) is 0 Å². The van der Waals surface area contributed by atoms with Gasteiger partial charge in [0.15, 0.2) is 0 Å². The van der Waals surface area contributed by atoms with Crippen LogP contribution in [0.3, 0.4) is 0 Å². The molecular weight excluding hydrogens is 368 g/mol. The zero-order valence-electron chi connectivity index (χ0n) is 17.3. The SMILES string of the molecule is CC(C)CC(=O)Nc1ccc(NC(=O)CNc2ccc(C(=O)N(C)C)cc2)cc1. The molecule has 0 fully saturated rings. The molecule has 0 unspecified atom stereocenters. The van der Waals surface area contributed by atoms with E-state index in [0.29, 0.717) is 29.3 Å². The quantitative estimate of drug-likeness (QED) is 0.638. The van der Waals surface area contributed by atoms with Crippen LogP contribution in [-0.4, -0.2) is 43.3 Å². The Morgan fingerprint density at radius 2 is 1.28 bits per heavy atom. The molecule has 29 heavy (non-hydrogen) atoms. The summed E-state index contributed by atoms with van der Waals surface area (Å²) in [6.45, 7) is 4.07. The second kappa shape index (κ2) is 10.3. The Morgan fingerprint density at radius 1 is 0.793 bits per heavy atom. The Bertz CT molecular complexity index is 843. The van der Waals surface area contributed by atoms with E-state index in [-0.39, 0.29) is 24.3 Å². The Hall–Kier alpha value is -3.35. The number of carbonyl (C=O) groups is 3. The van der Waals surface area contributed by atoms with Gasteiger partial charge in [-0.3, -0.25) is 14.4 Å². The molecule has 0 heterocycles. The van der Waals surface area contributed by atoms with Gasteiger partial charge in [-0.1, -0.05) is 13.8 Å². The van der Waals surface area contributed by atoms with Crippen molar-refractivity contribution >= 4 is 34.8 Å². The van der Waals surface area contributed by atoms with Crippen molar-refractivity contribution in [2.75, 3.05) is 36.6 Å². The van der Waals surface area contributed by atoms with E-state index in [9.17, 15) is 14.4 Å². The number of amides is 3. The number of anilines is 3. The average Bonchev–Trinajstić information content (AvgIpc) is 2.67. The van der Waals surface area contributed by atoms with E-state index in [1.807, 2.05) is 13.8 Å². The first kappa shape index (κ1) is 21.9. The lowest BCUT2D eigenvalue weighted by Gasteiger charge is -2.12. The van der Waals surface area contributed by atoms with Crippen LogP contribution in [0.1, 0.15) is 30.6 Å². The van der Waals surface area contributed by atoms with E-state index in [2.05, 4.69) is 16.0 Å². The highest BCUT2D eigenvalue weighted by molar-refractivity contribution is 5.96. The molecule has 2 rings (SSSR count). The first-order valence-electron chi connectivity index (χ1n) is 9.50. The second-order valence-electron chi connectivity index (χ2n) is 7.40. The van der Waals surface area contributed by atoms with Gasteiger partial charge in [0.2, 0.25) is 11.8 Å². The van der Waals surface area contributed by atoms with Crippen molar-refractivity contribution in [2.45, 2.75) is 20.3 Å². The van der Waals surface area contributed by atoms with Crippen LogP contribution in [0.5, 0.6) is 0 Å². The Balaban J connectivity index is 1.82. The largest absolute Gasteiger partial charge is 0.376 e. The van der Waals surface area contributed by atoms with Gasteiger partial charge in [-0.05, 0) is 54.4 Å². The van der Waals surface area contributed by atoms with Crippen LogP contribution in [0, 0.1) is 5.92 Å². The molecule has 7 heteroatoms. The Morgan fingerprint density at radius 3 is 1.76 bits per heavy atom. The smallest absolute Gasteiger partial charge is 0.253 e. The molecule has 0 saturated carbocycles. The third kappa shape index (κ3) is 7.29. The molecule has 2 aromatic rings. The Labute approximate surface area is 171 Å². The zero-order valence-corrected chi connectivity index (χ0v) is 17.3. The zero-order chi connectivity index (χ0) is 21.4. The van der Waals surface area contributed by atoms with Crippen molar-refractivity contribution in [3.8, 4) is 0 Å². The maximum atomic E-state index is 12.1. The van der Waals surface area contributed by atoms with Crippen LogP contribution in [0.4, 0.5) is 17.1 Å². The fourth-order valence-electron chi connectivity index (χ4n) is 2.60. The predicted octanol–water partition coefficient (Wildman–Crippen LogP) is 3.42. The maximum absolute atomic E-state index is 12.1. The van der Waals surface area contributed by atoms with Crippen LogP contribution >= 0.6 is 0 Å². The number of carbonyl (C=O) groups excluding carboxylic acids is 3. The summed E-state index contributed by atoms with van der Waals surface area (Å²) in [5.74, 6) is -0.00167. The topological polar surface area (TPSA) is 90.5 Å². The first-order valence-corrected chi connectivity index (χ1v) is 9.50. The van der Waals surface area contributed by atoms with Gasteiger partial charge in [0, 0.05) is 43.1 Å². The van der Waals surface area contributed by atoms with Crippen molar-refractivity contribution in [3.63, 3.8) is 0 Å². The molecule has 0 aliphatic carbocycles. The normalized spacial score (nSPS) is 10.4. The lowest BCUT2D eigenvalue weighted by Crippen LogP contribution is -2.22. The highest BCUT2D eigenvalue weighted by Gasteiger charge is 2.08. The van der Waals surface area contributed by atoms with Crippen LogP contribution in [-0.2, 0) is 9.59 Å². The van der Waals surface area contributed by atoms with Crippen molar-refractivity contribution in [2.24, 2.45) is 5.92 Å². The molecule has 0 atom stereocenters. The van der Waals surface area contributed by atoms with Crippen molar-refractivity contribution in [3.05, 3.63) is 54.1 Å². The van der Waals surface area contributed by atoms with E-state index >= 15 is 0 Å². The number of hydrogen-bond donors (Lipinski definition) is 3. The summed E-state index contributed by atoms with van der Waals surface area (Å²) < 4.78 is 0. The minimum Gasteiger partial charge on any atom is -0.376 e. The molecule has 0 aliphatic heterocycles. The van der Waals surface area contributed by atoms with E-state index < -0.39 is 0 Å². The molecule has 0 saturated heterocycles. The third-order valence-corrected chi connectivity index (χ3v) is 4.04. The number of hydrogen-bond acceptors (Lipinski definition) is 4. The number of nitrogens with zero attached hydrogens (tertiary/aromatic N) is 1. The lowest BCUT2D eigenvalue weighted by molar-refractivity contribution is -0.117. The third-order valence-electron chi connectivity index (χ3n) is 4.04. The van der Waals surface area contributed by atoms with Gasteiger partial charge < -0.3 is 20.9 Å². The van der Waals surface area contributed by atoms with Crippen LogP contribution < -0.4 is 16.0 Å². The molecule has 0 aliphatic rings. The summed E-state index contributed by atoms with van der Waals surface area (Å²) in [4.78, 5) is 37.3. The molecule has 0 radical (unpaired) electrons. The van der Waals surface area contributed by atoms with Crippen LogP contribution in [0.2, 0.25) is 0 Å². The summed E-state index contributed by atoms with van der Waals surface area (Å²) in [5.41, 5.74) is 2.67. The van der Waals surface area contributed by atoms with Gasteiger partial charge in [0.05, 0.1) is 6.54 Å². The summed E-state index contributed by atoms with van der Waals surface area (Å²) in [6, 6.07) is 13.9. The number of nitrogens with one attached hydrogen (secondary N) is 3. The lowest BCUT2D eigenvalue weighted by atomic mass is 10.1. The molecular formula is C22H28N4O3. The van der Waals surface area contributed by atoms with Crippen molar-refractivity contribution in [1.82, 2.24) is 4.90 Å². The maximum Gasteiger partial charge on any atom is 0.253 e. The summed E-state index contributed by atoms with van der Waals surface area (Å²) in [6.07, 6.45) is 0.467. The molecule has 7 nitrogen and oxygen atoms in total. The number of rotatable bonds is 8. The van der Waals surface area contributed by atoms with Gasteiger partial charge in [0.1, 0.15) is 0 Å². The van der Waals surface area contributed by atoms with E-state index in [0.717, 1.165) is 5.69 Å². The van der Waals surface area contributed by atoms with E-state index in [4.69, 9.17) is 0 Å². The summed E-state index contributed by atoms with van der Waals surface area (Å²) in [7, 11) is 3.40. The highest BCUT2D eigenvalue weighted by Crippen LogP contribution is 2.15. The van der Waals surface area contributed by atoms with E-state index in [1.54, 1.807) is 62.6 Å². The standard InChI is InChI=1S/C22H28N4O3/c1-15(2)13-20(27)24-18-9-11-19(12-10-18)25-21(28)14-23-17-7-5-16(6-8-17)22(29)26(3)4/h5-12,15,23H,13-14H2,1-4H3,(H,24,27)(H,25,28). The molecule has 3 N–H and O–H groups in total. The minimum atomic E-state index is -0.199. The number of benzene rings is 2. The molecule has 0 spiro atoms. The summed E-state index contributed by atoms with van der Waals surface area (Å²) in [5, 5.41) is 8.65. The van der Waals surface area contributed by atoms with Gasteiger partial charge in [-0.25, -0.2) is 0 Å². The molecule has 0 bridgehead atoms. The van der Waals surface area contributed by atoms with Crippen molar-refractivity contribution < 1.29 is 14.4 Å². The molecule has 154 valence electrons. The van der Waals surface area contributed by atoms with Crippen molar-refractivity contribution in [1.29, 1.82) is 0 Å². The molecule has 0 aromatic heterocycles. The van der Waals surface area contributed by atoms with Gasteiger partial charge in [0.25, 0.3) is 5.91 Å². The molecule has 3 amide bonds. The fourth-order valence-corrected chi connectivity index (χ4v) is 2.60. The Kier molecular flexibility index (Phi) is 7.77. The predicted molar refractivity (Wildman–Crippen MR) is 116 cm³/mol. The molecule has 2 aromatic carbocycles. The second-order valence-corrected chi connectivity index (χ2v) is 7.40. The highest BCUT2D eigenvalue weighted by atomic mass is 16.2. The average molecular weight is 396 g/mol.